The first-order chi connectivity index (χ1) is 11.7. The Hall–Kier alpha value is -1.74. The van der Waals surface area contributed by atoms with Gasteiger partial charge in [0.25, 0.3) is 0 Å². The van der Waals surface area contributed by atoms with Crippen LogP contribution in [-0.4, -0.2) is 62.7 Å². The average molecular weight is 331 g/mol. The van der Waals surface area contributed by atoms with E-state index in [1.807, 2.05) is 18.2 Å². The lowest BCUT2D eigenvalue weighted by molar-refractivity contribution is -0.0500. The van der Waals surface area contributed by atoms with E-state index in [0.717, 1.165) is 31.5 Å². The number of aliphatic hydroxyl groups excluding tert-OH is 1. The van der Waals surface area contributed by atoms with Gasteiger partial charge in [0, 0.05) is 12.7 Å². The molecule has 5 nitrogen and oxygen atoms in total. The van der Waals surface area contributed by atoms with Gasteiger partial charge in [0.2, 0.25) is 0 Å². The van der Waals surface area contributed by atoms with E-state index in [1.54, 1.807) is 14.2 Å². The molecule has 2 unspecified atom stereocenters. The Morgan fingerprint density at radius 1 is 1.17 bits per heavy atom. The number of aliphatic hydroxyl groups is 1. The zero-order chi connectivity index (χ0) is 16.9. The van der Waals surface area contributed by atoms with Gasteiger partial charge in [-0.1, -0.05) is 11.8 Å². The largest absolute Gasteiger partial charge is 0.493 e. The number of nitrogens with zero attached hydrogens (tertiary/aromatic N) is 1. The molecule has 3 aliphatic heterocycles. The summed E-state index contributed by atoms with van der Waals surface area (Å²) in [5, 5.41) is 10.4. The van der Waals surface area contributed by atoms with Crippen LogP contribution in [0.3, 0.4) is 0 Å². The number of fused-ring (bicyclic) bond motifs is 3. The molecule has 1 aromatic rings. The molecule has 0 radical (unpaired) electrons. The van der Waals surface area contributed by atoms with Crippen LogP contribution in [0.4, 0.5) is 0 Å². The summed E-state index contributed by atoms with van der Waals surface area (Å²) in [6.45, 7) is 3.08. The Bertz CT molecular complexity index is 612. The summed E-state index contributed by atoms with van der Waals surface area (Å²) < 4.78 is 16.0. The summed E-state index contributed by atoms with van der Waals surface area (Å²) in [7, 11) is 3.26. The summed E-state index contributed by atoms with van der Waals surface area (Å²) in [6, 6.07) is 5.60. The molecule has 1 N–H and O–H groups in total. The van der Waals surface area contributed by atoms with Crippen LogP contribution in [0.15, 0.2) is 18.2 Å². The van der Waals surface area contributed by atoms with Gasteiger partial charge in [-0.05, 0) is 50.0 Å². The number of piperidine rings is 3. The van der Waals surface area contributed by atoms with E-state index in [-0.39, 0.29) is 12.1 Å². The molecule has 24 heavy (non-hydrogen) atoms. The molecule has 0 aliphatic carbocycles. The number of ether oxygens (including phenoxy) is 3. The molecule has 1 aromatic carbocycles. The highest BCUT2D eigenvalue weighted by atomic mass is 16.5. The summed E-state index contributed by atoms with van der Waals surface area (Å²) in [5.74, 6) is 8.18. The second-order valence-electron chi connectivity index (χ2n) is 6.29. The Balaban J connectivity index is 1.72. The maximum absolute atomic E-state index is 10.4. The fraction of sp³-hybridized carbons (Fsp3) is 0.579. The molecule has 3 saturated heterocycles. The highest BCUT2D eigenvalue weighted by Gasteiger charge is 2.40. The summed E-state index contributed by atoms with van der Waals surface area (Å²) in [4.78, 5) is 2.29. The predicted molar refractivity (Wildman–Crippen MR) is 91.3 cm³/mol. The maximum Gasteiger partial charge on any atom is 0.161 e. The highest BCUT2D eigenvalue weighted by molar-refractivity contribution is 5.48. The van der Waals surface area contributed by atoms with Crippen LogP contribution in [-0.2, 0) is 4.74 Å². The molecule has 3 fully saturated rings. The number of benzene rings is 1. The fourth-order valence-electron chi connectivity index (χ4n) is 3.45. The van der Waals surface area contributed by atoms with Crippen molar-refractivity contribution >= 4 is 0 Å². The molecule has 0 amide bonds. The quantitative estimate of drug-likeness (QED) is 0.655. The molecule has 0 saturated carbocycles. The van der Waals surface area contributed by atoms with Crippen LogP contribution in [0, 0.1) is 17.8 Å². The van der Waals surface area contributed by atoms with Gasteiger partial charge in [0.15, 0.2) is 11.5 Å². The van der Waals surface area contributed by atoms with E-state index < -0.39 is 0 Å². The number of hydrogen-bond acceptors (Lipinski definition) is 5. The Morgan fingerprint density at radius 2 is 1.96 bits per heavy atom. The molecule has 0 aromatic heterocycles. The molecule has 3 heterocycles. The van der Waals surface area contributed by atoms with Crippen LogP contribution < -0.4 is 9.47 Å². The van der Waals surface area contributed by atoms with Crippen molar-refractivity contribution in [2.45, 2.75) is 25.0 Å². The second-order valence-corrected chi connectivity index (χ2v) is 6.29. The third kappa shape index (κ3) is 3.67. The molecule has 3 aliphatic rings. The van der Waals surface area contributed by atoms with Gasteiger partial charge in [0.1, 0.15) is 6.61 Å². The number of methoxy groups -OCH3 is 2. The zero-order valence-corrected chi connectivity index (χ0v) is 14.3. The van der Waals surface area contributed by atoms with E-state index in [0.29, 0.717) is 30.6 Å². The van der Waals surface area contributed by atoms with Crippen molar-refractivity contribution < 1.29 is 19.3 Å². The molecular formula is C19H25NO4. The van der Waals surface area contributed by atoms with Crippen LogP contribution in [0.5, 0.6) is 11.5 Å². The van der Waals surface area contributed by atoms with Crippen molar-refractivity contribution in [3.63, 3.8) is 0 Å². The van der Waals surface area contributed by atoms with Crippen molar-refractivity contribution in [2.24, 2.45) is 5.92 Å². The SMILES string of the molecule is COCCOc1ccc(C#CC2C(O)C3CCN2CC3)cc1OC. The van der Waals surface area contributed by atoms with Crippen LogP contribution in [0.25, 0.3) is 0 Å². The molecule has 130 valence electrons. The van der Waals surface area contributed by atoms with E-state index in [9.17, 15) is 5.11 Å². The first kappa shape index (κ1) is 17.1. The van der Waals surface area contributed by atoms with Crippen molar-refractivity contribution in [3.8, 4) is 23.3 Å². The molecule has 4 rings (SSSR count). The Morgan fingerprint density at radius 3 is 2.62 bits per heavy atom. The zero-order valence-electron chi connectivity index (χ0n) is 14.3. The third-order valence-electron chi connectivity index (χ3n) is 4.85. The van der Waals surface area contributed by atoms with Gasteiger partial charge < -0.3 is 19.3 Å². The maximum atomic E-state index is 10.4. The fourth-order valence-corrected chi connectivity index (χ4v) is 3.45. The van der Waals surface area contributed by atoms with Crippen molar-refractivity contribution in [1.82, 2.24) is 4.90 Å². The van der Waals surface area contributed by atoms with Gasteiger partial charge in [-0.3, -0.25) is 4.90 Å². The lowest BCUT2D eigenvalue weighted by Gasteiger charge is -2.46. The topological polar surface area (TPSA) is 51.2 Å². The van der Waals surface area contributed by atoms with Crippen LogP contribution in [0.2, 0.25) is 0 Å². The molecular weight excluding hydrogens is 306 g/mol. The van der Waals surface area contributed by atoms with E-state index in [4.69, 9.17) is 14.2 Å². The van der Waals surface area contributed by atoms with Gasteiger partial charge in [-0.25, -0.2) is 0 Å². The highest BCUT2D eigenvalue weighted by Crippen LogP contribution is 2.32. The average Bonchev–Trinajstić information content (AvgIpc) is 2.63. The predicted octanol–water partition coefficient (Wildman–Crippen LogP) is 1.53. The lowest BCUT2D eigenvalue weighted by atomic mass is 9.81. The second kappa shape index (κ2) is 7.89. The van der Waals surface area contributed by atoms with Crippen LogP contribution >= 0.6 is 0 Å². The first-order valence-electron chi connectivity index (χ1n) is 8.46. The summed E-state index contributed by atoms with van der Waals surface area (Å²) in [5.41, 5.74) is 0.862. The van der Waals surface area contributed by atoms with Gasteiger partial charge in [0.05, 0.1) is 25.9 Å². The lowest BCUT2D eigenvalue weighted by Crippen LogP contribution is -2.57. The number of rotatable bonds is 5. The van der Waals surface area contributed by atoms with Crippen molar-refractivity contribution in [1.29, 1.82) is 0 Å². The minimum Gasteiger partial charge on any atom is -0.493 e. The third-order valence-corrected chi connectivity index (χ3v) is 4.85. The van der Waals surface area contributed by atoms with Crippen molar-refractivity contribution in [3.05, 3.63) is 23.8 Å². The Kier molecular flexibility index (Phi) is 5.62. The molecule has 5 heteroatoms. The molecule has 2 atom stereocenters. The minimum absolute atomic E-state index is 0.0545. The van der Waals surface area contributed by atoms with Gasteiger partial charge in [-0.15, -0.1) is 0 Å². The molecule has 2 bridgehead atoms. The molecule has 0 spiro atoms. The van der Waals surface area contributed by atoms with E-state index in [2.05, 4.69) is 16.7 Å². The van der Waals surface area contributed by atoms with Crippen LogP contribution in [0.1, 0.15) is 18.4 Å². The normalized spacial score (nSPS) is 28.1. The van der Waals surface area contributed by atoms with Crippen molar-refractivity contribution in [2.75, 3.05) is 40.5 Å². The standard InChI is InChI=1S/C19H25NO4/c1-22-11-12-24-17-6-4-14(13-18(17)23-2)3-5-16-19(21)15-7-9-20(16)10-8-15/h4,6,13,15-16,19,21H,7-12H2,1-2H3. The van der Waals surface area contributed by atoms with Gasteiger partial charge in [-0.2, -0.15) is 0 Å². The minimum atomic E-state index is -0.335. The smallest absolute Gasteiger partial charge is 0.161 e. The first-order valence-corrected chi connectivity index (χ1v) is 8.46. The van der Waals surface area contributed by atoms with E-state index in [1.165, 1.54) is 0 Å². The van der Waals surface area contributed by atoms with Gasteiger partial charge >= 0.3 is 0 Å². The number of hydrogen-bond donors (Lipinski definition) is 1. The Labute approximate surface area is 143 Å². The summed E-state index contributed by atoms with van der Waals surface area (Å²) in [6.07, 6.45) is 1.83. The summed E-state index contributed by atoms with van der Waals surface area (Å²) >= 11 is 0. The monoisotopic (exact) mass is 331 g/mol. The van der Waals surface area contributed by atoms with E-state index >= 15 is 0 Å².